The van der Waals surface area contributed by atoms with Crippen molar-refractivity contribution < 1.29 is 9.90 Å². The molecule has 2 aromatic heterocycles. The fourth-order valence-electron chi connectivity index (χ4n) is 1.93. The van der Waals surface area contributed by atoms with Crippen LogP contribution in [0.3, 0.4) is 0 Å². The molecule has 0 radical (unpaired) electrons. The quantitative estimate of drug-likeness (QED) is 0.789. The van der Waals surface area contributed by atoms with E-state index >= 15 is 0 Å². The van der Waals surface area contributed by atoms with Gasteiger partial charge in [-0.25, -0.2) is 14.8 Å². The zero-order valence-electron chi connectivity index (χ0n) is 9.62. The molecule has 3 rings (SSSR count). The van der Waals surface area contributed by atoms with Crippen molar-refractivity contribution >= 4 is 32.9 Å². The molecule has 0 aliphatic heterocycles. The van der Waals surface area contributed by atoms with Crippen LogP contribution in [-0.2, 0) is 0 Å². The number of nitrogens with zero attached hydrogens (tertiary/aromatic N) is 3. The summed E-state index contributed by atoms with van der Waals surface area (Å²) < 4.78 is 2.43. The lowest BCUT2D eigenvalue weighted by atomic mass is 10.2. The number of aromatic carboxylic acids is 1. The fraction of sp³-hybridized carbons (Fsp3) is 0. The third-order valence-electron chi connectivity index (χ3n) is 2.75. The molecule has 1 N–H and O–H groups in total. The van der Waals surface area contributed by atoms with Gasteiger partial charge in [-0.3, -0.25) is 4.57 Å². The zero-order chi connectivity index (χ0) is 13.4. The lowest BCUT2D eigenvalue weighted by Crippen LogP contribution is -2.07. The molecule has 2 heterocycles. The number of carboxylic acid groups (broad SMARTS) is 1. The summed E-state index contributed by atoms with van der Waals surface area (Å²) >= 11 is 3.31. The number of para-hydroxylation sites is 2. The van der Waals surface area contributed by atoms with E-state index in [9.17, 15) is 9.90 Å². The number of aromatic nitrogens is 3. The maximum Gasteiger partial charge on any atom is 0.356 e. The Bertz CT molecular complexity index is 782. The standard InChI is InChI=1S/C13H8BrN3O2/c14-8-5-11(12(13(18)19)15-6-8)17-7-16-9-3-1-2-4-10(9)17/h1-7H,(H,18,19). The average molecular weight is 318 g/mol. The Morgan fingerprint density at radius 3 is 2.84 bits per heavy atom. The van der Waals surface area contributed by atoms with Crippen LogP contribution in [0.1, 0.15) is 10.5 Å². The molecule has 0 unspecified atom stereocenters. The summed E-state index contributed by atoms with van der Waals surface area (Å²) in [6.07, 6.45) is 3.06. The van der Waals surface area contributed by atoms with Gasteiger partial charge in [-0.2, -0.15) is 0 Å². The summed E-state index contributed by atoms with van der Waals surface area (Å²) in [6.45, 7) is 0. The van der Waals surface area contributed by atoms with Crippen LogP contribution >= 0.6 is 15.9 Å². The molecule has 0 fully saturated rings. The molecule has 1 aromatic carbocycles. The van der Waals surface area contributed by atoms with Crippen LogP contribution in [0.15, 0.2) is 47.3 Å². The predicted octanol–water partition coefficient (Wildman–Crippen LogP) is 2.88. The van der Waals surface area contributed by atoms with Crippen LogP contribution in [-0.4, -0.2) is 25.6 Å². The highest BCUT2D eigenvalue weighted by Crippen LogP contribution is 2.22. The highest BCUT2D eigenvalue weighted by atomic mass is 79.9. The van der Waals surface area contributed by atoms with Crippen LogP contribution in [0, 0.1) is 0 Å². The largest absolute Gasteiger partial charge is 0.476 e. The first kappa shape index (κ1) is 11.9. The van der Waals surface area contributed by atoms with Gasteiger partial charge in [-0.05, 0) is 34.1 Å². The normalized spacial score (nSPS) is 10.8. The molecule has 19 heavy (non-hydrogen) atoms. The van der Waals surface area contributed by atoms with Gasteiger partial charge in [-0.15, -0.1) is 0 Å². The molecule has 0 aliphatic rings. The first-order chi connectivity index (χ1) is 9.16. The van der Waals surface area contributed by atoms with Crippen molar-refractivity contribution in [2.24, 2.45) is 0 Å². The van der Waals surface area contributed by atoms with Crippen molar-refractivity contribution in [1.82, 2.24) is 14.5 Å². The fourth-order valence-corrected chi connectivity index (χ4v) is 2.25. The number of benzene rings is 1. The van der Waals surface area contributed by atoms with Crippen LogP contribution in [0.4, 0.5) is 0 Å². The molecule has 0 aliphatic carbocycles. The van der Waals surface area contributed by atoms with Gasteiger partial charge in [0.2, 0.25) is 0 Å². The summed E-state index contributed by atoms with van der Waals surface area (Å²) in [5.74, 6) is -1.07. The second-order valence-corrected chi connectivity index (χ2v) is 4.85. The average Bonchev–Trinajstić information content (AvgIpc) is 2.82. The number of rotatable bonds is 2. The number of hydrogen-bond donors (Lipinski definition) is 1. The maximum atomic E-state index is 11.3. The lowest BCUT2D eigenvalue weighted by molar-refractivity contribution is 0.0690. The molecule has 0 saturated heterocycles. The van der Waals surface area contributed by atoms with Gasteiger partial charge in [0.15, 0.2) is 5.69 Å². The second-order valence-electron chi connectivity index (χ2n) is 3.93. The van der Waals surface area contributed by atoms with Crippen LogP contribution in [0.2, 0.25) is 0 Å². The topological polar surface area (TPSA) is 68.0 Å². The van der Waals surface area contributed by atoms with E-state index in [0.29, 0.717) is 10.2 Å². The summed E-state index contributed by atoms with van der Waals surface area (Å²) in [7, 11) is 0. The van der Waals surface area contributed by atoms with E-state index < -0.39 is 5.97 Å². The number of halogens is 1. The Hall–Kier alpha value is -2.21. The van der Waals surface area contributed by atoms with Gasteiger partial charge in [-0.1, -0.05) is 12.1 Å². The zero-order valence-corrected chi connectivity index (χ0v) is 11.2. The minimum Gasteiger partial charge on any atom is -0.476 e. The number of carbonyl (C=O) groups is 1. The molecule has 3 aromatic rings. The highest BCUT2D eigenvalue weighted by molar-refractivity contribution is 9.10. The Morgan fingerprint density at radius 2 is 2.05 bits per heavy atom. The lowest BCUT2D eigenvalue weighted by Gasteiger charge is -2.07. The summed E-state index contributed by atoms with van der Waals surface area (Å²) in [5, 5.41) is 9.22. The van der Waals surface area contributed by atoms with Gasteiger partial charge in [0.1, 0.15) is 6.33 Å². The van der Waals surface area contributed by atoms with E-state index in [2.05, 4.69) is 25.9 Å². The first-order valence-corrected chi connectivity index (χ1v) is 6.27. The molecular weight excluding hydrogens is 310 g/mol. The Labute approximate surface area is 116 Å². The van der Waals surface area contributed by atoms with Crippen LogP contribution in [0.25, 0.3) is 16.7 Å². The van der Waals surface area contributed by atoms with Crippen molar-refractivity contribution in [1.29, 1.82) is 0 Å². The van der Waals surface area contributed by atoms with E-state index in [1.807, 2.05) is 24.3 Å². The minimum atomic E-state index is -1.07. The molecule has 5 nitrogen and oxygen atoms in total. The Kier molecular flexibility index (Phi) is 2.79. The molecule has 0 spiro atoms. The van der Waals surface area contributed by atoms with E-state index in [1.54, 1.807) is 17.0 Å². The summed E-state index contributed by atoms with van der Waals surface area (Å²) in [5.41, 5.74) is 2.12. The smallest absolute Gasteiger partial charge is 0.356 e. The molecule has 0 amide bonds. The minimum absolute atomic E-state index is 0.00801. The number of fused-ring (bicyclic) bond motifs is 1. The van der Waals surface area contributed by atoms with E-state index in [1.165, 1.54) is 6.20 Å². The third kappa shape index (κ3) is 2.00. The van der Waals surface area contributed by atoms with Crippen LogP contribution < -0.4 is 0 Å². The van der Waals surface area contributed by atoms with Gasteiger partial charge >= 0.3 is 5.97 Å². The SMILES string of the molecule is O=C(O)c1ncc(Br)cc1-n1cnc2ccccc21. The van der Waals surface area contributed by atoms with Crippen molar-refractivity contribution in [3.05, 3.63) is 53.0 Å². The van der Waals surface area contributed by atoms with E-state index in [0.717, 1.165) is 11.0 Å². The first-order valence-electron chi connectivity index (χ1n) is 5.48. The monoisotopic (exact) mass is 317 g/mol. The molecule has 94 valence electrons. The van der Waals surface area contributed by atoms with Crippen molar-refractivity contribution in [3.63, 3.8) is 0 Å². The Morgan fingerprint density at radius 1 is 1.26 bits per heavy atom. The van der Waals surface area contributed by atoms with Gasteiger partial charge < -0.3 is 5.11 Å². The van der Waals surface area contributed by atoms with Crippen molar-refractivity contribution in [3.8, 4) is 5.69 Å². The van der Waals surface area contributed by atoms with Gasteiger partial charge in [0, 0.05) is 10.7 Å². The molecule has 0 saturated carbocycles. The van der Waals surface area contributed by atoms with Crippen LogP contribution in [0.5, 0.6) is 0 Å². The maximum absolute atomic E-state index is 11.3. The van der Waals surface area contributed by atoms with Crippen molar-refractivity contribution in [2.75, 3.05) is 0 Å². The summed E-state index contributed by atoms with van der Waals surface area (Å²) in [4.78, 5) is 19.5. The highest BCUT2D eigenvalue weighted by Gasteiger charge is 2.15. The van der Waals surface area contributed by atoms with E-state index in [4.69, 9.17) is 0 Å². The second kappa shape index (κ2) is 4.47. The number of imidazole rings is 1. The molecule has 0 atom stereocenters. The Balaban J connectivity index is 2.32. The van der Waals surface area contributed by atoms with Gasteiger partial charge in [0.25, 0.3) is 0 Å². The predicted molar refractivity (Wildman–Crippen MR) is 73.5 cm³/mol. The van der Waals surface area contributed by atoms with E-state index in [-0.39, 0.29) is 5.69 Å². The number of carboxylic acids is 1. The number of pyridine rings is 1. The molecule has 6 heteroatoms. The van der Waals surface area contributed by atoms with Gasteiger partial charge in [0.05, 0.1) is 16.7 Å². The molecule has 0 bridgehead atoms. The summed E-state index contributed by atoms with van der Waals surface area (Å²) in [6, 6.07) is 9.24. The van der Waals surface area contributed by atoms with Crippen molar-refractivity contribution in [2.45, 2.75) is 0 Å². The third-order valence-corrected chi connectivity index (χ3v) is 3.18. The number of hydrogen-bond acceptors (Lipinski definition) is 3. The molecular formula is C13H8BrN3O2.